The van der Waals surface area contributed by atoms with Crippen molar-refractivity contribution in [1.29, 1.82) is 5.41 Å². The minimum atomic E-state index is -0.833. The summed E-state index contributed by atoms with van der Waals surface area (Å²) in [6, 6.07) is 6.98. The minimum absolute atomic E-state index is 0.0128. The van der Waals surface area contributed by atoms with Crippen LogP contribution < -0.4 is 5.73 Å². The summed E-state index contributed by atoms with van der Waals surface area (Å²) in [4.78, 5) is 9.00. The number of amidine groups is 1. The van der Waals surface area contributed by atoms with Crippen molar-refractivity contribution in [3.63, 3.8) is 0 Å². The van der Waals surface area contributed by atoms with Crippen molar-refractivity contribution in [2.24, 2.45) is 5.73 Å². The maximum atomic E-state index is 9.00. The molecule has 0 radical (unpaired) electrons. The summed E-state index contributed by atoms with van der Waals surface area (Å²) >= 11 is 0. The Bertz CT molecular complexity index is 346. The van der Waals surface area contributed by atoms with E-state index >= 15 is 0 Å². The third-order valence-corrected chi connectivity index (χ3v) is 1.42. The van der Waals surface area contributed by atoms with Crippen molar-refractivity contribution in [3.05, 3.63) is 35.4 Å². The van der Waals surface area contributed by atoms with Crippen LogP contribution in [0, 0.1) is 5.41 Å². The number of aliphatic carboxylic acids is 1. The van der Waals surface area contributed by atoms with Gasteiger partial charge in [-0.2, -0.15) is 0 Å². The van der Waals surface area contributed by atoms with Crippen molar-refractivity contribution >= 4 is 11.8 Å². The number of nitrogens with one attached hydrogen (secondary N) is 1. The maximum Gasteiger partial charge on any atom is 0.300 e. The molecule has 82 valence electrons. The molecule has 0 heterocycles. The number of carboxylic acid groups (broad SMARTS) is 1. The minimum Gasteiger partial charge on any atom is -0.481 e. The van der Waals surface area contributed by atoms with E-state index in [4.69, 9.17) is 26.2 Å². The summed E-state index contributed by atoms with van der Waals surface area (Å²) in [6.45, 7) is 1.07. The first kappa shape index (κ1) is 13.1. The Morgan fingerprint density at radius 2 is 2.07 bits per heavy atom. The molecule has 0 spiro atoms. The zero-order valence-corrected chi connectivity index (χ0v) is 8.40. The van der Waals surface area contributed by atoms with Crippen LogP contribution in [0.5, 0.6) is 0 Å². The molecule has 0 amide bonds. The molecule has 0 atom stereocenters. The first-order valence-corrected chi connectivity index (χ1v) is 4.21. The fourth-order valence-corrected chi connectivity index (χ4v) is 0.837. The van der Waals surface area contributed by atoms with Gasteiger partial charge in [-0.3, -0.25) is 10.2 Å². The van der Waals surface area contributed by atoms with E-state index in [1.54, 1.807) is 24.3 Å². The summed E-state index contributed by atoms with van der Waals surface area (Å²) < 4.78 is 0. The van der Waals surface area contributed by atoms with Crippen molar-refractivity contribution < 1.29 is 15.0 Å². The zero-order valence-electron chi connectivity index (χ0n) is 8.40. The quantitative estimate of drug-likeness (QED) is 0.422. The average molecular weight is 210 g/mol. The maximum absolute atomic E-state index is 9.00. The van der Waals surface area contributed by atoms with Gasteiger partial charge < -0.3 is 15.9 Å². The van der Waals surface area contributed by atoms with Gasteiger partial charge in [0.2, 0.25) is 0 Å². The summed E-state index contributed by atoms with van der Waals surface area (Å²) in [5.41, 5.74) is 6.66. The van der Waals surface area contributed by atoms with E-state index in [1.807, 2.05) is 0 Å². The lowest BCUT2D eigenvalue weighted by atomic mass is 10.1. The van der Waals surface area contributed by atoms with E-state index in [2.05, 4.69) is 0 Å². The number of aliphatic hydroxyl groups is 1. The molecule has 1 aromatic carbocycles. The van der Waals surface area contributed by atoms with Gasteiger partial charge in [-0.1, -0.05) is 18.2 Å². The van der Waals surface area contributed by atoms with E-state index in [9.17, 15) is 0 Å². The SMILES string of the molecule is CC(=O)O.N=C(N)c1cccc(CO)c1. The predicted molar refractivity (Wildman–Crippen MR) is 56.7 cm³/mol. The number of carboxylic acids is 1. The first-order chi connectivity index (χ1) is 6.97. The Kier molecular flexibility index (Phi) is 5.73. The van der Waals surface area contributed by atoms with E-state index in [-0.39, 0.29) is 12.4 Å². The van der Waals surface area contributed by atoms with Crippen LogP contribution in [-0.2, 0) is 11.4 Å². The molecule has 1 rings (SSSR count). The Morgan fingerprint density at radius 1 is 1.53 bits per heavy atom. The predicted octanol–water partition coefficient (Wildman–Crippen LogP) is 0.554. The van der Waals surface area contributed by atoms with Gasteiger partial charge in [0, 0.05) is 12.5 Å². The van der Waals surface area contributed by atoms with Crippen molar-refractivity contribution in [2.75, 3.05) is 0 Å². The summed E-state index contributed by atoms with van der Waals surface area (Å²) in [7, 11) is 0. The van der Waals surface area contributed by atoms with Gasteiger partial charge in [-0.15, -0.1) is 0 Å². The number of nitrogen functional groups attached to an aromatic ring is 1. The fourth-order valence-electron chi connectivity index (χ4n) is 0.837. The van der Waals surface area contributed by atoms with Crippen molar-refractivity contribution in [3.8, 4) is 0 Å². The van der Waals surface area contributed by atoms with Crippen molar-refractivity contribution in [2.45, 2.75) is 13.5 Å². The van der Waals surface area contributed by atoms with Crippen LogP contribution in [0.15, 0.2) is 24.3 Å². The highest BCUT2D eigenvalue weighted by Crippen LogP contribution is 2.03. The second-order valence-corrected chi connectivity index (χ2v) is 2.79. The van der Waals surface area contributed by atoms with Crippen LogP contribution in [0.3, 0.4) is 0 Å². The summed E-state index contributed by atoms with van der Waals surface area (Å²) in [5.74, 6) is -0.805. The first-order valence-electron chi connectivity index (χ1n) is 4.21. The van der Waals surface area contributed by atoms with Crippen LogP contribution in [0.1, 0.15) is 18.1 Å². The normalized spacial score (nSPS) is 8.67. The molecule has 0 fully saturated rings. The van der Waals surface area contributed by atoms with Crippen LogP contribution >= 0.6 is 0 Å². The van der Waals surface area contributed by atoms with Crippen LogP contribution in [0.25, 0.3) is 0 Å². The molecule has 15 heavy (non-hydrogen) atoms. The molecule has 5 heteroatoms. The Balaban J connectivity index is 0.000000423. The number of aliphatic hydroxyl groups excluding tert-OH is 1. The standard InChI is InChI=1S/C8H10N2O.C2H4O2/c9-8(10)7-3-1-2-6(4-7)5-11;1-2(3)4/h1-4,11H,5H2,(H3,9,10);1H3,(H,3,4). The Morgan fingerprint density at radius 3 is 2.47 bits per heavy atom. The molecule has 5 N–H and O–H groups in total. The second-order valence-electron chi connectivity index (χ2n) is 2.79. The molecule has 0 saturated heterocycles. The number of rotatable bonds is 2. The number of benzene rings is 1. The summed E-state index contributed by atoms with van der Waals surface area (Å²) in [6.07, 6.45) is 0. The van der Waals surface area contributed by atoms with Crippen LogP contribution in [0.2, 0.25) is 0 Å². The number of hydrogen-bond acceptors (Lipinski definition) is 3. The van der Waals surface area contributed by atoms with E-state index in [1.165, 1.54) is 0 Å². The fraction of sp³-hybridized carbons (Fsp3) is 0.200. The lowest BCUT2D eigenvalue weighted by Gasteiger charge is -1.99. The van der Waals surface area contributed by atoms with Gasteiger partial charge in [-0.25, -0.2) is 0 Å². The molecule has 0 aromatic heterocycles. The number of carbonyl (C=O) groups is 1. The molecule has 0 aliphatic heterocycles. The van der Waals surface area contributed by atoms with Crippen LogP contribution in [0.4, 0.5) is 0 Å². The lowest BCUT2D eigenvalue weighted by Crippen LogP contribution is -2.10. The molecular formula is C10H14N2O3. The van der Waals surface area contributed by atoms with Gasteiger partial charge in [0.05, 0.1) is 6.61 Å². The van der Waals surface area contributed by atoms with Gasteiger partial charge in [-0.05, 0) is 11.6 Å². The van der Waals surface area contributed by atoms with Gasteiger partial charge in [0.25, 0.3) is 5.97 Å². The molecule has 0 unspecified atom stereocenters. The Labute approximate surface area is 87.7 Å². The van der Waals surface area contributed by atoms with E-state index < -0.39 is 5.97 Å². The number of hydrogen-bond donors (Lipinski definition) is 4. The smallest absolute Gasteiger partial charge is 0.300 e. The molecule has 0 bridgehead atoms. The van der Waals surface area contributed by atoms with Gasteiger partial charge in [0.1, 0.15) is 5.84 Å². The molecular weight excluding hydrogens is 196 g/mol. The second kappa shape index (κ2) is 6.56. The topological polar surface area (TPSA) is 107 Å². The molecule has 0 aliphatic carbocycles. The highest BCUT2D eigenvalue weighted by atomic mass is 16.4. The third kappa shape index (κ3) is 6.23. The van der Waals surface area contributed by atoms with E-state index in [0.717, 1.165) is 12.5 Å². The highest BCUT2D eigenvalue weighted by Gasteiger charge is 1.95. The Hall–Kier alpha value is -1.88. The van der Waals surface area contributed by atoms with Gasteiger partial charge >= 0.3 is 0 Å². The summed E-state index contributed by atoms with van der Waals surface area (Å²) in [5, 5.41) is 23.3. The number of nitrogens with two attached hydrogens (primary N) is 1. The highest BCUT2D eigenvalue weighted by molar-refractivity contribution is 5.95. The monoisotopic (exact) mass is 210 g/mol. The van der Waals surface area contributed by atoms with E-state index in [0.29, 0.717) is 5.56 Å². The van der Waals surface area contributed by atoms with Crippen molar-refractivity contribution in [1.82, 2.24) is 0 Å². The average Bonchev–Trinajstić information content (AvgIpc) is 2.17. The molecule has 1 aromatic rings. The van der Waals surface area contributed by atoms with Crippen LogP contribution in [-0.4, -0.2) is 22.0 Å². The van der Waals surface area contributed by atoms with Gasteiger partial charge in [0.15, 0.2) is 0 Å². The molecule has 5 nitrogen and oxygen atoms in total. The lowest BCUT2D eigenvalue weighted by molar-refractivity contribution is -0.134. The molecule has 0 saturated carbocycles. The third-order valence-electron chi connectivity index (χ3n) is 1.42. The largest absolute Gasteiger partial charge is 0.481 e. The zero-order chi connectivity index (χ0) is 11.8. The molecule has 0 aliphatic rings.